The first-order valence-corrected chi connectivity index (χ1v) is 9.47. The molecule has 27 heavy (non-hydrogen) atoms. The second-order valence-corrected chi connectivity index (χ2v) is 6.74. The lowest BCUT2D eigenvalue weighted by Gasteiger charge is -2.28. The number of para-hydroxylation sites is 3. The van der Waals surface area contributed by atoms with E-state index in [1.165, 1.54) is 19.3 Å². The molecule has 2 aromatic carbocycles. The van der Waals surface area contributed by atoms with Gasteiger partial charge in [0.25, 0.3) is 0 Å². The highest BCUT2D eigenvalue weighted by Gasteiger charge is 2.14. The highest BCUT2D eigenvalue weighted by atomic mass is 16.5. The van der Waals surface area contributed by atoms with E-state index in [4.69, 9.17) is 4.74 Å². The molecule has 0 bridgehead atoms. The van der Waals surface area contributed by atoms with Crippen molar-refractivity contribution in [3.05, 3.63) is 66.5 Å². The van der Waals surface area contributed by atoms with Crippen LogP contribution in [0, 0.1) is 6.92 Å². The molecular weight excluding hydrogens is 336 g/mol. The molecule has 0 unspecified atom stereocenters. The zero-order valence-electron chi connectivity index (χ0n) is 15.6. The predicted octanol–water partition coefficient (Wildman–Crippen LogP) is 5.31. The number of benzene rings is 2. The van der Waals surface area contributed by atoms with Crippen molar-refractivity contribution >= 4 is 17.3 Å². The number of nitrogens with zero attached hydrogens (tertiary/aromatic N) is 3. The third-order valence-electron chi connectivity index (χ3n) is 4.63. The van der Waals surface area contributed by atoms with Crippen LogP contribution in [0.3, 0.4) is 0 Å². The molecule has 3 aromatic rings. The Hall–Kier alpha value is -3.08. The summed E-state index contributed by atoms with van der Waals surface area (Å²) < 4.78 is 6.04. The Morgan fingerprint density at radius 2 is 1.63 bits per heavy atom. The monoisotopic (exact) mass is 360 g/mol. The number of anilines is 3. The molecule has 0 aliphatic carbocycles. The minimum absolute atomic E-state index is 0.763. The molecule has 1 aliphatic rings. The molecule has 0 amide bonds. The fourth-order valence-electron chi connectivity index (χ4n) is 3.31. The van der Waals surface area contributed by atoms with Crippen LogP contribution in [0.1, 0.15) is 25.1 Å². The van der Waals surface area contributed by atoms with Gasteiger partial charge in [-0.05, 0) is 50.5 Å². The lowest BCUT2D eigenvalue weighted by atomic mass is 10.1. The molecule has 5 nitrogen and oxygen atoms in total. The molecular formula is C22H24N4O. The SMILES string of the molecule is Cc1nc(Nc2ccccc2Oc2ccccc2)cc(N2CCCCC2)n1. The Bertz CT molecular complexity index is 892. The number of rotatable bonds is 5. The summed E-state index contributed by atoms with van der Waals surface area (Å²) in [5, 5.41) is 3.41. The first-order chi connectivity index (χ1) is 13.3. The highest BCUT2D eigenvalue weighted by Crippen LogP contribution is 2.31. The summed E-state index contributed by atoms with van der Waals surface area (Å²) in [6.07, 6.45) is 3.75. The van der Waals surface area contributed by atoms with Crippen LogP contribution < -0.4 is 15.0 Å². The molecule has 2 heterocycles. The molecule has 0 saturated carbocycles. The smallest absolute Gasteiger partial charge is 0.150 e. The molecule has 0 radical (unpaired) electrons. The Balaban J connectivity index is 1.58. The van der Waals surface area contributed by atoms with Crippen molar-refractivity contribution in [1.82, 2.24) is 9.97 Å². The molecule has 138 valence electrons. The van der Waals surface area contributed by atoms with E-state index in [2.05, 4.69) is 20.2 Å². The Morgan fingerprint density at radius 3 is 2.44 bits per heavy atom. The van der Waals surface area contributed by atoms with Gasteiger partial charge in [0.15, 0.2) is 5.75 Å². The number of nitrogens with one attached hydrogen (secondary N) is 1. The van der Waals surface area contributed by atoms with Crippen LogP contribution in [0.25, 0.3) is 0 Å². The first-order valence-electron chi connectivity index (χ1n) is 9.47. The normalized spacial score (nSPS) is 14.0. The summed E-state index contributed by atoms with van der Waals surface area (Å²) in [4.78, 5) is 11.5. The second kappa shape index (κ2) is 8.08. The van der Waals surface area contributed by atoms with Gasteiger partial charge in [-0.25, -0.2) is 9.97 Å². The fourth-order valence-corrected chi connectivity index (χ4v) is 3.31. The van der Waals surface area contributed by atoms with E-state index >= 15 is 0 Å². The van der Waals surface area contributed by atoms with Crippen molar-refractivity contribution in [1.29, 1.82) is 0 Å². The van der Waals surface area contributed by atoms with E-state index in [0.717, 1.165) is 47.7 Å². The largest absolute Gasteiger partial charge is 0.455 e. The Labute approximate surface area is 160 Å². The third-order valence-corrected chi connectivity index (χ3v) is 4.63. The Morgan fingerprint density at radius 1 is 0.889 bits per heavy atom. The number of aromatic nitrogens is 2. The standard InChI is InChI=1S/C22H24N4O/c1-17-23-21(16-22(24-17)26-14-8-3-9-15-26)25-19-12-6-7-13-20(19)27-18-10-4-2-5-11-18/h2,4-7,10-13,16H,3,8-9,14-15H2,1H3,(H,23,24,25). The molecule has 0 atom stereocenters. The summed E-state index contributed by atoms with van der Waals surface area (Å²) in [6.45, 7) is 4.05. The summed E-state index contributed by atoms with van der Waals surface area (Å²) in [7, 11) is 0. The molecule has 4 rings (SSSR count). The first kappa shape index (κ1) is 17.3. The van der Waals surface area contributed by atoms with Crippen LogP contribution in [-0.2, 0) is 0 Å². The van der Waals surface area contributed by atoms with Crippen LogP contribution in [0.4, 0.5) is 17.3 Å². The lowest BCUT2D eigenvalue weighted by Crippen LogP contribution is -2.30. The predicted molar refractivity (Wildman–Crippen MR) is 109 cm³/mol. The van der Waals surface area contributed by atoms with Crippen LogP contribution in [-0.4, -0.2) is 23.1 Å². The quantitative estimate of drug-likeness (QED) is 0.668. The molecule has 1 N–H and O–H groups in total. The van der Waals surface area contributed by atoms with Crippen molar-refractivity contribution < 1.29 is 4.74 Å². The summed E-state index contributed by atoms with van der Waals surface area (Å²) in [5.74, 6) is 4.11. The molecule has 0 spiro atoms. The molecule has 1 aromatic heterocycles. The number of piperidine rings is 1. The fraction of sp³-hybridized carbons (Fsp3) is 0.273. The summed E-state index contributed by atoms with van der Waals surface area (Å²) in [5.41, 5.74) is 0.879. The van der Waals surface area contributed by atoms with Crippen molar-refractivity contribution in [2.24, 2.45) is 0 Å². The van der Waals surface area contributed by atoms with Gasteiger partial charge in [-0.15, -0.1) is 0 Å². The van der Waals surface area contributed by atoms with Gasteiger partial charge in [-0.3, -0.25) is 0 Å². The molecule has 5 heteroatoms. The van der Waals surface area contributed by atoms with Crippen LogP contribution >= 0.6 is 0 Å². The summed E-state index contributed by atoms with van der Waals surface area (Å²) in [6, 6.07) is 19.7. The minimum atomic E-state index is 0.763. The topological polar surface area (TPSA) is 50.3 Å². The van der Waals surface area contributed by atoms with Gasteiger partial charge in [0, 0.05) is 19.2 Å². The van der Waals surface area contributed by atoms with Crippen LogP contribution in [0.2, 0.25) is 0 Å². The van der Waals surface area contributed by atoms with E-state index in [1.807, 2.05) is 67.6 Å². The summed E-state index contributed by atoms with van der Waals surface area (Å²) >= 11 is 0. The number of ether oxygens (including phenoxy) is 1. The van der Waals surface area contributed by atoms with Gasteiger partial charge >= 0.3 is 0 Å². The van der Waals surface area contributed by atoms with Crippen molar-refractivity contribution in [2.75, 3.05) is 23.3 Å². The van der Waals surface area contributed by atoms with Crippen LogP contribution in [0.5, 0.6) is 11.5 Å². The van der Waals surface area contributed by atoms with E-state index in [1.54, 1.807) is 0 Å². The van der Waals surface area contributed by atoms with Crippen molar-refractivity contribution in [3.8, 4) is 11.5 Å². The minimum Gasteiger partial charge on any atom is -0.455 e. The maximum absolute atomic E-state index is 6.04. The Kier molecular flexibility index (Phi) is 5.19. The molecule has 1 fully saturated rings. The highest BCUT2D eigenvalue weighted by molar-refractivity contribution is 5.66. The van der Waals surface area contributed by atoms with E-state index in [9.17, 15) is 0 Å². The van der Waals surface area contributed by atoms with Crippen molar-refractivity contribution in [2.45, 2.75) is 26.2 Å². The zero-order valence-corrected chi connectivity index (χ0v) is 15.6. The van der Waals surface area contributed by atoms with Crippen LogP contribution in [0.15, 0.2) is 60.7 Å². The average Bonchev–Trinajstić information content (AvgIpc) is 2.71. The van der Waals surface area contributed by atoms with Gasteiger partial charge in [0.2, 0.25) is 0 Å². The van der Waals surface area contributed by atoms with Gasteiger partial charge in [-0.2, -0.15) is 0 Å². The van der Waals surface area contributed by atoms with Crippen molar-refractivity contribution in [3.63, 3.8) is 0 Å². The second-order valence-electron chi connectivity index (χ2n) is 6.74. The number of hydrogen-bond acceptors (Lipinski definition) is 5. The lowest BCUT2D eigenvalue weighted by molar-refractivity contribution is 0.485. The van der Waals surface area contributed by atoms with Gasteiger partial charge in [-0.1, -0.05) is 30.3 Å². The average molecular weight is 360 g/mol. The number of hydrogen-bond donors (Lipinski definition) is 1. The van der Waals surface area contributed by atoms with E-state index in [0.29, 0.717) is 0 Å². The molecule has 1 saturated heterocycles. The van der Waals surface area contributed by atoms with E-state index in [-0.39, 0.29) is 0 Å². The zero-order chi connectivity index (χ0) is 18.5. The van der Waals surface area contributed by atoms with E-state index < -0.39 is 0 Å². The third kappa shape index (κ3) is 4.37. The van der Waals surface area contributed by atoms with Gasteiger partial charge in [0.05, 0.1) is 5.69 Å². The maximum atomic E-state index is 6.04. The van der Waals surface area contributed by atoms with Gasteiger partial charge in [0.1, 0.15) is 23.2 Å². The number of aryl methyl sites for hydroxylation is 1. The van der Waals surface area contributed by atoms with Gasteiger partial charge < -0.3 is 15.0 Å². The maximum Gasteiger partial charge on any atom is 0.150 e. The molecule has 1 aliphatic heterocycles.